The summed E-state index contributed by atoms with van der Waals surface area (Å²) in [7, 11) is 1.70. The van der Waals surface area contributed by atoms with E-state index in [4.69, 9.17) is 0 Å². The Balaban J connectivity index is 2.88. The van der Waals surface area contributed by atoms with Gasteiger partial charge in [0.25, 0.3) is 5.91 Å². The lowest BCUT2D eigenvalue weighted by molar-refractivity contribution is -0.115. The minimum absolute atomic E-state index is 0.0782. The van der Waals surface area contributed by atoms with E-state index in [2.05, 4.69) is 16.0 Å². The summed E-state index contributed by atoms with van der Waals surface area (Å²) in [5.41, 5.74) is 2.08. The van der Waals surface area contributed by atoms with Crippen LogP contribution in [-0.2, 0) is 4.79 Å². The van der Waals surface area contributed by atoms with Gasteiger partial charge in [-0.05, 0) is 45.5 Å². The molecular weight excluding hydrogens is 242 g/mol. The molecule has 1 aromatic rings. The first-order chi connectivity index (χ1) is 8.93. The van der Waals surface area contributed by atoms with Crippen LogP contribution in [0.4, 0.5) is 5.69 Å². The molecule has 0 saturated carbocycles. The van der Waals surface area contributed by atoms with Gasteiger partial charge in [0.2, 0.25) is 5.91 Å². The predicted molar refractivity (Wildman–Crippen MR) is 76.3 cm³/mol. The van der Waals surface area contributed by atoms with Crippen molar-refractivity contribution in [3.63, 3.8) is 0 Å². The van der Waals surface area contributed by atoms with Crippen molar-refractivity contribution in [1.82, 2.24) is 10.6 Å². The fourth-order valence-electron chi connectivity index (χ4n) is 1.65. The molecule has 104 valence electrons. The lowest BCUT2D eigenvalue weighted by Crippen LogP contribution is -2.31. The Hall–Kier alpha value is -1.88. The number of benzene rings is 1. The zero-order chi connectivity index (χ0) is 14.4. The van der Waals surface area contributed by atoms with Crippen molar-refractivity contribution < 1.29 is 9.59 Å². The van der Waals surface area contributed by atoms with E-state index in [-0.39, 0.29) is 24.4 Å². The third-order valence-corrected chi connectivity index (χ3v) is 2.52. The summed E-state index contributed by atoms with van der Waals surface area (Å²) in [6.45, 7) is 5.92. The average Bonchev–Trinajstić information content (AvgIpc) is 2.31. The number of amides is 2. The maximum atomic E-state index is 12.0. The number of rotatable bonds is 5. The van der Waals surface area contributed by atoms with Gasteiger partial charge in [-0.3, -0.25) is 9.59 Å². The number of carbonyl (C=O) groups is 2. The molecule has 3 N–H and O–H groups in total. The van der Waals surface area contributed by atoms with E-state index in [0.29, 0.717) is 11.3 Å². The zero-order valence-electron chi connectivity index (χ0n) is 11.8. The standard InChI is InChI=1S/C14H21N3O2/c1-9(2)16-14(19)12-7-11(6-5-10(12)3)17-13(18)8-15-4/h5-7,9,15H,8H2,1-4H3,(H,16,19)(H,17,18). The molecule has 1 aromatic carbocycles. The molecule has 0 fully saturated rings. The first-order valence-corrected chi connectivity index (χ1v) is 6.30. The summed E-state index contributed by atoms with van der Waals surface area (Å²) in [5.74, 6) is -0.265. The topological polar surface area (TPSA) is 70.2 Å². The van der Waals surface area contributed by atoms with Crippen molar-refractivity contribution in [2.75, 3.05) is 18.9 Å². The van der Waals surface area contributed by atoms with Gasteiger partial charge < -0.3 is 16.0 Å². The van der Waals surface area contributed by atoms with Crippen molar-refractivity contribution in [3.05, 3.63) is 29.3 Å². The fraction of sp³-hybridized carbons (Fsp3) is 0.429. The molecule has 5 nitrogen and oxygen atoms in total. The Bertz CT molecular complexity index is 470. The molecule has 0 spiro atoms. The second-order valence-electron chi connectivity index (χ2n) is 4.74. The number of carbonyl (C=O) groups excluding carboxylic acids is 2. The van der Waals surface area contributed by atoms with Crippen LogP contribution in [0.2, 0.25) is 0 Å². The number of aryl methyl sites for hydroxylation is 1. The summed E-state index contributed by atoms with van der Waals surface area (Å²) in [5, 5.41) is 8.35. The third-order valence-electron chi connectivity index (χ3n) is 2.52. The summed E-state index contributed by atoms with van der Waals surface area (Å²) in [6.07, 6.45) is 0. The average molecular weight is 263 g/mol. The van der Waals surface area contributed by atoms with Crippen molar-refractivity contribution in [3.8, 4) is 0 Å². The molecule has 5 heteroatoms. The Morgan fingerprint density at radius 3 is 2.53 bits per heavy atom. The van der Waals surface area contributed by atoms with Gasteiger partial charge in [0, 0.05) is 17.3 Å². The van der Waals surface area contributed by atoms with Crippen molar-refractivity contribution in [2.45, 2.75) is 26.8 Å². The van der Waals surface area contributed by atoms with Gasteiger partial charge in [-0.15, -0.1) is 0 Å². The maximum absolute atomic E-state index is 12.0. The van der Waals surface area contributed by atoms with E-state index in [0.717, 1.165) is 5.56 Å². The van der Waals surface area contributed by atoms with Crippen molar-refractivity contribution in [1.29, 1.82) is 0 Å². The van der Waals surface area contributed by atoms with Gasteiger partial charge in [0.15, 0.2) is 0 Å². The molecule has 0 aromatic heterocycles. The summed E-state index contributed by atoms with van der Waals surface area (Å²) in [4.78, 5) is 23.5. The van der Waals surface area contributed by atoms with Crippen LogP contribution >= 0.6 is 0 Å². The van der Waals surface area contributed by atoms with Crippen LogP contribution in [0.25, 0.3) is 0 Å². The van der Waals surface area contributed by atoms with E-state index in [1.54, 1.807) is 19.2 Å². The van der Waals surface area contributed by atoms with E-state index >= 15 is 0 Å². The zero-order valence-corrected chi connectivity index (χ0v) is 11.8. The van der Waals surface area contributed by atoms with Crippen LogP contribution in [0.5, 0.6) is 0 Å². The molecular formula is C14H21N3O2. The Labute approximate surface area is 113 Å². The number of likely N-dealkylation sites (N-methyl/N-ethyl adjacent to an activating group) is 1. The highest BCUT2D eigenvalue weighted by molar-refractivity contribution is 5.98. The minimum Gasteiger partial charge on any atom is -0.350 e. The highest BCUT2D eigenvalue weighted by atomic mass is 16.2. The third kappa shape index (κ3) is 4.71. The first kappa shape index (κ1) is 15.2. The lowest BCUT2D eigenvalue weighted by Gasteiger charge is -2.12. The molecule has 0 bridgehead atoms. The summed E-state index contributed by atoms with van der Waals surface area (Å²) < 4.78 is 0. The Morgan fingerprint density at radius 2 is 1.95 bits per heavy atom. The van der Waals surface area contributed by atoms with Crippen LogP contribution in [0, 0.1) is 6.92 Å². The second-order valence-corrected chi connectivity index (χ2v) is 4.74. The molecule has 0 heterocycles. The van der Waals surface area contributed by atoms with Gasteiger partial charge in [-0.1, -0.05) is 6.07 Å². The molecule has 0 radical (unpaired) electrons. The van der Waals surface area contributed by atoms with Crippen LogP contribution in [0.3, 0.4) is 0 Å². The maximum Gasteiger partial charge on any atom is 0.251 e. The largest absolute Gasteiger partial charge is 0.350 e. The molecule has 1 rings (SSSR count). The quantitative estimate of drug-likeness (QED) is 0.749. The normalized spacial score (nSPS) is 10.4. The van der Waals surface area contributed by atoms with Gasteiger partial charge in [0.1, 0.15) is 0 Å². The number of nitrogens with one attached hydrogen (secondary N) is 3. The van der Waals surface area contributed by atoms with Gasteiger partial charge in [-0.25, -0.2) is 0 Å². The van der Waals surface area contributed by atoms with E-state index < -0.39 is 0 Å². The molecule has 2 amide bonds. The molecule has 0 atom stereocenters. The van der Waals surface area contributed by atoms with E-state index in [1.165, 1.54) is 0 Å². The minimum atomic E-state index is -0.137. The van der Waals surface area contributed by atoms with E-state index in [9.17, 15) is 9.59 Å². The molecule has 0 aliphatic heterocycles. The molecule has 0 aliphatic rings. The van der Waals surface area contributed by atoms with Crippen LogP contribution in [0.15, 0.2) is 18.2 Å². The number of hydrogen-bond donors (Lipinski definition) is 3. The molecule has 0 aliphatic carbocycles. The highest BCUT2D eigenvalue weighted by Gasteiger charge is 2.11. The second kappa shape index (κ2) is 6.89. The van der Waals surface area contributed by atoms with Gasteiger partial charge in [0.05, 0.1) is 6.54 Å². The molecule has 0 saturated heterocycles. The smallest absolute Gasteiger partial charge is 0.251 e. The van der Waals surface area contributed by atoms with Crippen LogP contribution in [0.1, 0.15) is 29.8 Å². The monoisotopic (exact) mass is 263 g/mol. The Kier molecular flexibility index (Phi) is 5.51. The van der Waals surface area contributed by atoms with Gasteiger partial charge >= 0.3 is 0 Å². The van der Waals surface area contributed by atoms with Crippen LogP contribution < -0.4 is 16.0 Å². The fourth-order valence-corrected chi connectivity index (χ4v) is 1.65. The summed E-state index contributed by atoms with van der Waals surface area (Å²) in [6, 6.07) is 5.38. The van der Waals surface area contributed by atoms with Crippen LogP contribution in [-0.4, -0.2) is 31.4 Å². The van der Waals surface area contributed by atoms with Gasteiger partial charge in [-0.2, -0.15) is 0 Å². The summed E-state index contributed by atoms with van der Waals surface area (Å²) >= 11 is 0. The lowest BCUT2D eigenvalue weighted by atomic mass is 10.1. The van der Waals surface area contributed by atoms with Crippen molar-refractivity contribution in [2.24, 2.45) is 0 Å². The first-order valence-electron chi connectivity index (χ1n) is 6.30. The highest BCUT2D eigenvalue weighted by Crippen LogP contribution is 2.15. The number of anilines is 1. The SMILES string of the molecule is CNCC(=O)Nc1ccc(C)c(C(=O)NC(C)C)c1. The molecule has 0 unspecified atom stereocenters. The number of hydrogen-bond acceptors (Lipinski definition) is 3. The van der Waals surface area contributed by atoms with Crippen molar-refractivity contribution >= 4 is 17.5 Å². The molecule has 19 heavy (non-hydrogen) atoms. The predicted octanol–water partition coefficient (Wildman–Crippen LogP) is 1.29. The van der Waals surface area contributed by atoms with E-state index in [1.807, 2.05) is 26.8 Å². The Morgan fingerprint density at radius 1 is 1.26 bits per heavy atom.